The first-order valence-corrected chi connectivity index (χ1v) is 5.43. The molecule has 1 N–H and O–H groups in total. The monoisotopic (exact) mass is 229 g/mol. The summed E-state index contributed by atoms with van der Waals surface area (Å²) in [6.07, 6.45) is 0.857. The van der Waals surface area contributed by atoms with Crippen molar-refractivity contribution < 1.29 is 14.3 Å². The number of nitrogens with zero attached hydrogens (tertiary/aromatic N) is 2. The number of methoxy groups -OCH3 is 1. The Bertz CT molecular complexity index is 227. The molecule has 1 fully saturated rings. The van der Waals surface area contributed by atoms with Gasteiger partial charge in [-0.05, 0) is 0 Å². The first kappa shape index (κ1) is 12.9. The van der Waals surface area contributed by atoms with Crippen molar-refractivity contribution in [2.75, 3.05) is 53.0 Å². The van der Waals surface area contributed by atoms with E-state index in [9.17, 15) is 9.59 Å². The smallest absolute Gasteiger partial charge is 0.234 e. The number of carbonyl (C=O) groups excluding carboxylic acids is 2. The predicted octanol–water partition coefficient (Wildman–Crippen LogP) is -1.48. The van der Waals surface area contributed by atoms with Crippen LogP contribution in [-0.2, 0) is 14.3 Å². The van der Waals surface area contributed by atoms with Gasteiger partial charge in [-0.1, -0.05) is 0 Å². The second-order valence-corrected chi connectivity index (χ2v) is 3.76. The van der Waals surface area contributed by atoms with Crippen molar-refractivity contribution >= 4 is 12.3 Å². The molecule has 1 heterocycles. The fraction of sp³-hybridized carbons (Fsp3) is 0.800. The standard InChI is InChI=1S/C10H19N3O3/c1-16-7-2-11-10(15)8-12-3-5-13(9-14)6-4-12/h9H,2-8H2,1H3,(H,11,15). The Morgan fingerprint density at radius 3 is 2.62 bits per heavy atom. The summed E-state index contributed by atoms with van der Waals surface area (Å²) in [5, 5.41) is 2.77. The van der Waals surface area contributed by atoms with Gasteiger partial charge in [-0.15, -0.1) is 0 Å². The minimum absolute atomic E-state index is 0.0107. The van der Waals surface area contributed by atoms with Gasteiger partial charge >= 0.3 is 0 Å². The zero-order valence-electron chi connectivity index (χ0n) is 9.65. The van der Waals surface area contributed by atoms with Gasteiger partial charge in [-0.2, -0.15) is 0 Å². The zero-order chi connectivity index (χ0) is 11.8. The third-order valence-electron chi connectivity index (χ3n) is 2.55. The van der Waals surface area contributed by atoms with Gasteiger partial charge in [0, 0.05) is 39.8 Å². The normalized spacial score (nSPS) is 17.2. The minimum atomic E-state index is 0.0107. The molecular weight excluding hydrogens is 210 g/mol. The molecule has 16 heavy (non-hydrogen) atoms. The first-order valence-electron chi connectivity index (χ1n) is 5.43. The molecule has 0 spiro atoms. The van der Waals surface area contributed by atoms with Gasteiger partial charge < -0.3 is 15.0 Å². The van der Waals surface area contributed by atoms with Crippen molar-refractivity contribution in [3.8, 4) is 0 Å². The summed E-state index contributed by atoms with van der Waals surface area (Å²) in [5.41, 5.74) is 0. The lowest BCUT2D eigenvalue weighted by molar-refractivity contribution is -0.123. The summed E-state index contributed by atoms with van der Waals surface area (Å²) >= 11 is 0. The molecule has 1 rings (SSSR count). The van der Waals surface area contributed by atoms with Crippen molar-refractivity contribution in [2.24, 2.45) is 0 Å². The highest BCUT2D eigenvalue weighted by Crippen LogP contribution is 1.98. The Balaban J connectivity index is 2.13. The van der Waals surface area contributed by atoms with E-state index < -0.39 is 0 Å². The summed E-state index contributed by atoms with van der Waals surface area (Å²) in [4.78, 5) is 25.7. The molecule has 0 unspecified atom stereocenters. The quantitative estimate of drug-likeness (QED) is 0.446. The van der Waals surface area contributed by atoms with E-state index in [0.717, 1.165) is 19.5 Å². The van der Waals surface area contributed by atoms with Crippen LogP contribution >= 0.6 is 0 Å². The number of amides is 2. The molecule has 1 saturated heterocycles. The number of hydrogen-bond acceptors (Lipinski definition) is 4. The lowest BCUT2D eigenvalue weighted by Crippen LogP contribution is -2.49. The first-order chi connectivity index (χ1) is 7.76. The van der Waals surface area contributed by atoms with Gasteiger partial charge in [0.15, 0.2) is 0 Å². The summed E-state index contributed by atoms with van der Waals surface area (Å²) in [6, 6.07) is 0. The van der Waals surface area contributed by atoms with Gasteiger partial charge in [0.2, 0.25) is 12.3 Å². The predicted molar refractivity (Wildman–Crippen MR) is 59.0 cm³/mol. The van der Waals surface area contributed by atoms with E-state index >= 15 is 0 Å². The number of hydrogen-bond donors (Lipinski definition) is 1. The molecule has 0 radical (unpaired) electrons. The molecule has 0 atom stereocenters. The third-order valence-corrected chi connectivity index (χ3v) is 2.55. The molecule has 92 valence electrons. The number of carbonyl (C=O) groups is 2. The van der Waals surface area contributed by atoms with Crippen molar-refractivity contribution in [1.82, 2.24) is 15.1 Å². The van der Waals surface area contributed by atoms with E-state index in [1.807, 2.05) is 4.90 Å². The van der Waals surface area contributed by atoms with Gasteiger partial charge in [-0.25, -0.2) is 0 Å². The second-order valence-electron chi connectivity index (χ2n) is 3.76. The molecule has 0 aromatic rings. The topological polar surface area (TPSA) is 61.9 Å². The van der Waals surface area contributed by atoms with E-state index in [-0.39, 0.29) is 5.91 Å². The zero-order valence-corrected chi connectivity index (χ0v) is 9.65. The van der Waals surface area contributed by atoms with Crippen LogP contribution in [0.2, 0.25) is 0 Å². The summed E-state index contributed by atoms with van der Waals surface area (Å²) in [6.45, 7) is 4.40. The molecule has 2 amide bonds. The van der Waals surface area contributed by atoms with E-state index in [1.165, 1.54) is 0 Å². The summed E-state index contributed by atoms with van der Waals surface area (Å²) in [7, 11) is 1.60. The lowest BCUT2D eigenvalue weighted by atomic mass is 10.3. The largest absolute Gasteiger partial charge is 0.383 e. The number of ether oxygens (including phenoxy) is 1. The van der Waals surface area contributed by atoms with E-state index in [4.69, 9.17) is 4.74 Å². The van der Waals surface area contributed by atoms with Crippen LogP contribution in [0, 0.1) is 0 Å². The van der Waals surface area contributed by atoms with Crippen molar-refractivity contribution in [3.63, 3.8) is 0 Å². The molecule has 0 aliphatic carbocycles. The van der Waals surface area contributed by atoms with E-state index in [0.29, 0.717) is 32.8 Å². The lowest BCUT2D eigenvalue weighted by Gasteiger charge is -2.31. The highest BCUT2D eigenvalue weighted by Gasteiger charge is 2.17. The van der Waals surface area contributed by atoms with Crippen molar-refractivity contribution in [3.05, 3.63) is 0 Å². The van der Waals surface area contributed by atoms with Crippen LogP contribution in [0.15, 0.2) is 0 Å². The Kier molecular flexibility index (Phi) is 5.81. The van der Waals surface area contributed by atoms with E-state index in [2.05, 4.69) is 5.32 Å². The Hall–Kier alpha value is -1.14. The molecule has 1 aliphatic rings. The fourth-order valence-corrected chi connectivity index (χ4v) is 1.58. The molecule has 0 saturated carbocycles. The highest BCUT2D eigenvalue weighted by atomic mass is 16.5. The molecule has 1 aliphatic heterocycles. The Labute approximate surface area is 95.5 Å². The van der Waals surface area contributed by atoms with Gasteiger partial charge in [-0.3, -0.25) is 14.5 Å². The average Bonchev–Trinajstić information content (AvgIpc) is 2.30. The maximum Gasteiger partial charge on any atom is 0.234 e. The van der Waals surface area contributed by atoms with Crippen LogP contribution in [0.5, 0.6) is 0 Å². The van der Waals surface area contributed by atoms with Gasteiger partial charge in [0.05, 0.1) is 13.2 Å². The average molecular weight is 229 g/mol. The van der Waals surface area contributed by atoms with Crippen LogP contribution in [-0.4, -0.2) is 75.1 Å². The molecule has 6 heteroatoms. The minimum Gasteiger partial charge on any atom is -0.383 e. The second kappa shape index (κ2) is 7.19. The van der Waals surface area contributed by atoms with E-state index in [1.54, 1.807) is 12.0 Å². The van der Waals surface area contributed by atoms with Crippen LogP contribution in [0.4, 0.5) is 0 Å². The Morgan fingerprint density at radius 1 is 1.38 bits per heavy atom. The molecule has 0 aromatic carbocycles. The Morgan fingerprint density at radius 2 is 2.06 bits per heavy atom. The molecule has 0 aromatic heterocycles. The van der Waals surface area contributed by atoms with Crippen LogP contribution in [0.3, 0.4) is 0 Å². The maximum absolute atomic E-state index is 11.4. The number of rotatable bonds is 6. The summed E-state index contributed by atoms with van der Waals surface area (Å²) in [5.74, 6) is 0.0107. The SMILES string of the molecule is COCCNC(=O)CN1CCN(C=O)CC1. The fourth-order valence-electron chi connectivity index (χ4n) is 1.58. The van der Waals surface area contributed by atoms with Crippen molar-refractivity contribution in [1.29, 1.82) is 0 Å². The van der Waals surface area contributed by atoms with Crippen LogP contribution < -0.4 is 5.32 Å². The molecular formula is C10H19N3O3. The highest BCUT2D eigenvalue weighted by molar-refractivity contribution is 5.78. The van der Waals surface area contributed by atoms with Crippen LogP contribution in [0.25, 0.3) is 0 Å². The van der Waals surface area contributed by atoms with Gasteiger partial charge in [0.25, 0.3) is 0 Å². The number of piperazine rings is 1. The third kappa shape index (κ3) is 4.59. The number of nitrogens with one attached hydrogen (secondary N) is 1. The van der Waals surface area contributed by atoms with Crippen molar-refractivity contribution in [2.45, 2.75) is 0 Å². The maximum atomic E-state index is 11.4. The van der Waals surface area contributed by atoms with Crippen LogP contribution in [0.1, 0.15) is 0 Å². The molecule has 6 nitrogen and oxygen atoms in total. The molecule has 0 bridgehead atoms. The summed E-state index contributed by atoms with van der Waals surface area (Å²) < 4.78 is 4.84. The van der Waals surface area contributed by atoms with Gasteiger partial charge in [0.1, 0.15) is 0 Å².